The van der Waals surface area contributed by atoms with E-state index in [0.29, 0.717) is 25.3 Å². The van der Waals surface area contributed by atoms with E-state index in [1.807, 2.05) is 37.3 Å². The number of anilines is 1. The Bertz CT molecular complexity index is 906. The summed E-state index contributed by atoms with van der Waals surface area (Å²) in [6.45, 7) is 2.96. The van der Waals surface area contributed by atoms with Gasteiger partial charge in [-0.15, -0.1) is 0 Å². The van der Waals surface area contributed by atoms with Gasteiger partial charge in [0.2, 0.25) is 0 Å². The molecule has 1 fully saturated rings. The molecule has 0 radical (unpaired) electrons. The number of benzene rings is 1. The summed E-state index contributed by atoms with van der Waals surface area (Å²) in [6, 6.07) is 9.16. The number of carbonyl (C=O) groups excluding carboxylic acids is 1. The number of aryl methyl sites for hydroxylation is 1. The first-order valence-electron chi connectivity index (χ1n) is 8.83. The molecule has 3 heterocycles. The van der Waals surface area contributed by atoms with Crippen LogP contribution < -0.4 is 10.6 Å². The highest BCUT2D eigenvalue weighted by molar-refractivity contribution is 5.90. The van der Waals surface area contributed by atoms with Gasteiger partial charge in [0.25, 0.3) is 0 Å². The van der Waals surface area contributed by atoms with Crippen LogP contribution in [0.1, 0.15) is 11.5 Å². The average Bonchev–Trinajstić information content (AvgIpc) is 3.39. The Kier molecular flexibility index (Phi) is 4.88. The number of aromatic amines is 1. The maximum Gasteiger partial charge on any atom is 0.319 e. The number of nitrogens with one attached hydrogen (secondary N) is 3. The van der Waals surface area contributed by atoms with Crippen LogP contribution in [0.2, 0.25) is 0 Å². The summed E-state index contributed by atoms with van der Waals surface area (Å²) in [5.74, 6) is 0.960. The Labute approximate surface area is 156 Å². The van der Waals surface area contributed by atoms with Crippen LogP contribution in [0.25, 0.3) is 11.3 Å². The van der Waals surface area contributed by atoms with Crippen LogP contribution in [-0.4, -0.2) is 40.4 Å². The highest BCUT2D eigenvalue weighted by Crippen LogP contribution is 2.22. The van der Waals surface area contributed by atoms with Gasteiger partial charge in [-0.05, 0) is 19.1 Å². The fourth-order valence-corrected chi connectivity index (χ4v) is 3.24. The van der Waals surface area contributed by atoms with Crippen molar-refractivity contribution in [1.29, 1.82) is 0 Å². The zero-order valence-electron chi connectivity index (χ0n) is 14.9. The quantitative estimate of drug-likeness (QED) is 0.643. The molecular formula is C19H21N5O3. The van der Waals surface area contributed by atoms with Gasteiger partial charge in [-0.3, -0.25) is 0 Å². The van der Waals surface area contributed by atoms with E-state index in [1.54, 1.807) is 12.5 Å². The van der Waals surface area contributed by atoms with Gasteiger partial charge in [-0.25, -0.2) is 9.78 Å². The molecule has 2 atom stereocenters. The van der Waals surface area contributed by atoms with Crippen molar-refractivity contribution in [2.45, 2.75) is 19.4 Å². The number of urea groups is 1. The lowest BCUT2D eigenvalue weighted by atomic mass is 9.98. The van der Waals surface area contributed by atoms with Gasteiger partial charge in [-0.1, -0.05) is 17.3 Å². The second kappa shape index (κ2) is 7.63. The smallest absolute Gasteiger partial charge is 0.319 e. The predicted molar refractivity (Wildman–Crippen MR) is 99.2 cm³/mol. The summed E-state index contributed by atoms with van der Waals surface area (Å²) >= 11 is 0. The molecule has 2 aromatic heterocycles. The molecule has 3 aromatic rings. The molecule has 1 aromatic carbocycles. The Morgan fingerprint density at radius 2 is 2.26 bits per heavy atom. The molecule has 1 aliphatic heterocycles. The van der Waals surface area contributed by atoms with Crippen molar-refractivity contribution in [2.24, 2.45) is 5.92 Å². The van der Waals surface area contributed by atoms with E-state index in [9.17, 15) is 4.79 Å². The Balaban J connectivity index is 1.36. The van der Waals surface area contributed by atoms with Gasteiger partial charge in [0.05, 0.1) is 43.2 Å². The van der Waals surface area contributed by atoms with Gasteiger partial charge in [-0.2, -0.15) is 0 Å². The minimum atomic E-state index is -0.258. The van der Waals surface area contributed by atoms with Crippen molar-refractivity contribution in [1.82, 2.24) is 20.4 Å². The minimum absolute atomic E-state index is 0.0776. The van der Waals surface area contributed by atoms with Crippen LogP contribution >= 0.6 is 0 Å². The van der Waals surface area contributed by atoms with Crippen molar-refractivity contribution in [2.75, 3.05) is 18.5 Å². The lowest BCUT2D eigenvalue weighted by Crippen LogP contribution is -2.42. The van der Waals surface area contributed by atoms with Crippen LogP contribution in [0.4, 0.5) is 10.5 Å². The number of hydrogen-bond acceptors (Lipinski definition) is 5. The molecule has 0 spiro atoms. The number of aromatic nitrogens is 3. The topological polar surface area (TPSA) is 105 Å². The molecule has 140 valence electrons. The highest BCUT2D eigenvalue weighted by atomic mass is 16.5. The maximum absolute atomic E-state index is 12.4. The van der Waals surface area contributed by atoms with Crippen LogP contribution in [0, 0.1) is 12.8 Å². The zero-order valence-corrected chi connectivity index (χ0v) is 14.9. The van der Waals surface area contributed by atoms with E-state index in [0.717, 1.165) is 22.7 Å². The van der Waals surface area contributed by atoms with Gasteiger partial charge >= 0.3 is 6.03 Å². The van der Waals surface area contributed by atoms with E-state index < -0.39 is 0 Å². The highest BCUT2D eigenvalue weighted by Gasteiger charge is 2.30. The summed E-state index contributed by atoms with van der Waals surface area (Å²) in [6.07, 6.45) is 4.05. The molecule has 8 nitrogen and oxygen atoms in total. The van der Waals surface area contributed by atoms with Crippen molar-refractivity contribution in [3.8, 4) is 11.3 Å². The number of carbonyl (C=O) groups is 1. The Morgan fingerprint density at radius 3 is 3.04 bits per heavy atom. The van der Waals surface area contributed by atoms with E-state index in [4.69, 9.17) is 9.26 Å². The fourth-order valence-electron chi connectivity index (χ4n) is 3.24. The third-order valence-corrected chi connectivity index (χ3v) is 4.58. The first-order valence-corrected chi connectivity index (χ1v) is 8.83. The zero-order chi connectivity index (χ0) is 18.6. The molecular weight excluding hydrogens is 346 g/mol. The van der Waals surface area contributed by atoms with Crippen molar-refractivity contribution >= 4 is 11.7 Å². The van der Waals surface area contributed by atoms with Crippen molar-refractivity contribution < 1.29 is 14.1 Å². The number of rotatable bonds is 5. The molecule has 0 aliphatic carbocycles. The van der Waals surface area contributed by atoms with E-state index in [-0.39, 0.29) is 18.0 Å². The van der Waals surface area contributed by atoms with E-state index in [1.165, 1.54) is 0 Å². The lowest BCUT2D eigenvalue weighted by molar-refractivity contribution is 0.181. The standard InChI is InChI=1S/C19H21N5O3/c1-12-5-16(27-24-12)7-14-9-26-10-18(14)23-19(25)22-15-4-2-3-13(6-15)17-8-20-11-21-17/h2-6,8,11,14,18H,7,9-10H2,1H3,(H,20,21)(H2,22,23,25)/t14-,18+/m1/s1. The lowest BCUT2D eigenvalue weighted by Gasteiger charge is -2.18. The van der Waals surface area contributed by atoms with Crippen LogP contribution in [0.3, 0.4) is 0 Å². The maximum atomic E-state index is 12.4. The molecule has 27 heavy (non-hydrogen) atoms. The number of ether oxygens (including phenoxy) is 1. The normalized spacial score (nSPS) is 19.1. The number of H-pyrrole nitrogens is 1. The van der Waals surface area contributed by atoms with E-state index >= 15 is 0 Å². The molecule has 0 saturated carbocycles. The van der Waals surface area contributed by atoms with Crippen LogP contribution in [-0.2, 0) is 11.2 Å². The Morgan fingerprint density at radius 1 is 1.33 bits per heavy atom. The molecule has 2 amide bonds. The van der Waals surface area contributed by atoms with Gasteiger partial charge in [0.1, 0.15) is 5.76 Å². The third kappa shape index (κ3) is 4.17. The second-order valence-corrected chi connectivity index (χ2v) is 6.69. The van der Waals surface area contributed by atoms with Crippen molar-refractivity contribution in [3.63, 3.8) is 0 Å². The molecule has 0 bridgehead atoms. The van der Waals surface area contributed by atoms with Gasteiger partial charge in [0.15, 0.2) is 0 Å². The SMILES string of the molecule is Cc1cc(C[C@@H]2COC[C@@H]2NC(=O)Nc2cccc(-c3cnc[nH]3)c2)on1. The third-order valence-electron chi connectivity index (χ3n) is 4.58. The largest absolute Gasteiger partial charge is 0.379 e. The molecule has 1 saturated heterocycles. The number of amides is 2. The number of nitrogens with zero attached hydrogens (tertiary/aromatic N) is 2. The first kappa shape index (κ1) is 17.3. The van der Waals surface area contributed by atoms with E-state index in [2.05, 4.69) is 25.8 Å². The second-order valence-electron chi connectivity index (χ2n) is 6.69. The first-order chi connectivity index (χ1) is 13.2. The number of imidazole rings is 1. The van der Waals surface area contributed by atoms with Crippen LogP contribution in [0.15, 0.2) is 47.4 Å². The molecule has 3 N–H and O–H groups in total. The monoisotopic (exact) mass is 367 g/mol. The molecule has 8 heteroatoms. The molecule has 0 unspecified atom stereocenters. The summed E-state index contributed by atoms with van der Waals surface area (Å²) in [5.41, 5.74) is 3.41. The fraction of sp³-hybridized carbons (Fsp3) is 0.316. The molecule has 4 rings (SSSR count). The predicted octanol–water partition coefficient (Wildman–Crippen LogP) is 2.75. The summed E-state index contributed by atoms with van der Waals surface area (Å²) in [5, 5.41) is 9.79. The van der Waals surface area contributed by atoms with Crippen molar-refractivity contribution in [3.05, 3.63) is 54.3 Å². The summed E-state index contributed by atoms with van der Waals surface area (Å²) in [4.78, 5) is 19.5. The molecule has 1 aliphatic rings. The van der Waals surface area contributed by atoms with Crippen LogP contribution in [0.5, 0.6) is 0 Å². The minimum Gasteiger partial charge on any atom is -0.379 e. The van der Waals surface area contributed by atoms with Gasteiger partial charge < -0.3 is 24.9 Å². The Hall–Kier alpha value is -3.13. The average molecular weight is 367 g/mol. The summed E-state index contributed by atoms with van der Waals surface area (Å²) < 4.78 is 10.8. The summed E-state index contributed by atoms with van der Waals surface area (Å²) in [7, 11) is 0. The van der Waals surface area contributed by atoms with Gasteiger partial charge in [0, 0.05) is 29.7 Å². The number of hydrogen-bond donors (Lipinski definition) is 3.